The summed E-state index contributed by atoms with van der Waals surface area (Å²) in [5, 5.41) is 2.82. The number of methoxy groups -OCH3 is 1. The van der Waals surface area contributed by atoms with Crippen molar-refractivity contribution in [1.82, 2.24) is 15.2 Å². The van der Waals surface area contributed by atoms with Crippen LogP contribution in [0, 0.1) is 0 Å². The molecule has 0 radical (unpaired) electrons. The molecule has 1 N–H and O–H groups in total. The number of amides is 2. The molecular weight excluding hydrogens is 310 g/mol. The van der Waals surface area contributed by atoms with Gasteiger partial charge in [0.2, 0.25) is 5.91 Å². The highest BCUT2D eigenvalue weighted by Crippen LogP contribution is 2.06. The van der Waals surface area contributed by atoms with Gasteiger partial charge >= 0.3 is 0 Å². The maximum Gasteiger partial charge on any atom is 0.257 e. The zero-order valence-corrected chi connectivity index (χ0v) is 13.6. The predicted molar refractivity (Wildman–Crippen MR) is 87.2 cm³/mol. The first-order chi connectivity index (χ1) is 11.7. The summed E-state index contributed by atoms with van der Waals surface area (Å²) in [7, 11) is 1.57. The number of rotatable bonds is 9. The number of furan rings is 1. The van der Waals surface area contributed by atoms with Crippen LogP contribution in [0.3, 0.4) is 0 Å². The van der Waals surface area contributed by atoms with Gasteiger partial charge in [0.05, 0.1) is 18.4 Å². The van der Waals surface area contributed by atoms with Gasteiger partial charge in [-0.2, -0.15) is 0 Å². The number of pyridine rings is 1. The zero-order chi connectivity index (χ0) is 17.2. The molecule has 0 bridgehead atoms. The van der Waals surface area contributed by atoms with Crippen LogP contribution in [0.5, 0.6) is 0 Å². The number of carbonyl (C=O) groups excluding carboxylic acids is 2. The molecule has 0 saturated heterocycles. The molecule has 2 heterocycles. The highest BCUT2D eigenvalue weighted by atomic mass is 16.5. The van der Waals surface area contributed by atoms with E-state index in [2.05, 4.69) is 10.3 Å². The maximum absolute atomic E-state index is 12.4. The van der Waals surface area contributed by atoms with E-state index in [1.54, 1.807) is 30.5 Å². The first kappa shape index (κ1) is 17.7. The molecule has 0 aliphatic rings. The molecular formula is C17H21N3O4. The minimum absolute atomic E-state index is 0.124. The standard InChI is InChI=1S/C17H21N3O4/c1-23-10-8-20(17(22)15-5-9-24-13-15)7-4-16(21)19-12-14-3-2-6-18-11-14/h2-3,5-6,9,11,13H,4,7-8,10,12H2,1H3,(H,19,21). The topological polar surface area (TPSA) is 84.7 Å². The van der Waals surface area contributed by atoms with Crippen LogP contribution >= 0.6 is 0 Å². The molecule has 0 aromatic carbocycles. The Morgan fingerprint density at radius 3 is 2.88 bits per heavy atom. The lowest BCUT2D eigenvalue weighted by molar-refractivity contribution is -0.121. The van der Waals surface area contributed by atoms with Crippen molar-refractivity contribution in [3.8, 4) is 0 Å². The van der Waals surface area contributed by atoms with E-state index in [0.717, 1.165) is 5.56 Å². The van der Waals surface area contributed by atoms with E-state index in [-0.39, 0.29) is 18.2 Å². The van der Waals surface area contributed by atoms with Crippen LogP contribution in [0.2, 0.25) is 0 Å². The summed E-state index contributed by atoms with van der Waals surface area (Å²) in [6, 6.07) is 5.31. The Labute approximate surface area is 140 Å². The minimum Gasteiger partial charge on any atom is -0.472 e. The quantitative estimate of drug-likeness (QED) is 0.752. The molecule has 2 aromatic heterocycles. The van der Waals surface area contributed by atoms with Gasteiger partial charge in [-0.25, -0.2) is 0 Å². The summed E-state index contributed by atoms with van der Waals surface area (Å²) in [5.74, 6) is -0.304. The first-order valence-corrected chi connectivity index (χ1v) is 7.66. The van der Waals surface area contributed by atoms with Gasteiger partial charge in [-0.3, -0.25) is 14.6 Å². The molecule has 128 valence electrons. The van der Waals surface area contributed by atoms with Crippen molar-refractivity contribution in [3.05, 3.63) is 54.2 Å². The van der Waals surface area contributed by atoms with E-state index in [9.17, 15) is 9.59 Å². The molecule has 0 fully saturated rings. The van der Waals surface area contributed by atoms with E-state index >= 15 is 0 Å². The van der Waals surface area contributed by atoms with Crippen molar-refractivity contribution in [2.24, 2.45) is 0 Å². The molecule has 0 aliphatic heterocycles. The Kier molecular flexibility index (Phi) is 6.97. The molecule has 2 rings (SSSR count). The lowest BCUT2D eigenvalue weighted by Gasteiger charge is -2.21. The van der Waals surface area contributed by atoms with Gasteiger partial charge in [0, 0.05) is 45.6 Å². The predicted octanol–water partition coefficient (Wildman–Crippen LogP) is 1.47. The van der Waals surface area contributed by atoms with Crippen LogP contribution in [0.15, 0.2) is 47.5 Å². The summed E-state index contributed by atoms with van der Waals surface area (Å²) in [5.41, 5.74) is 1.39. The van der Waals surface area contributed by atoms with Gasteiger partial charge < -0.3 is 19.4 Å². The maximum atomic E-state index is 12.4. The molecule has 0 atom stereocenters. The number of nitrogens with zero attached hydrogens (tertiary/aromatic N) is 2. The van der Waals surface area contributed by atoms with Crippen LogP contribution in [-0.2, 0) is 16.1 Å². The normalized spacial score (nSPS) is 10.4. The molecule has 2 amide bonds. The second-order valence-electron chi connectivity index (χ2n) is 5.19. The van der Waals surface area contributed by atoms with Gasteiger partial charge in [-0.05, 0) is 17.7 Å². The van der Waals surface area contributed by atoms with Gasteiger partial charge in [0.15, 0.2) is 0 Å². The second-order valence-corrected chi connectivity index (χ2v) is 5.19. The number of aromatic nitrogens is 1. The number of hydrogen-bond acceptors (Lipinski definition) is 5. The lowest BCUT2D eigenvalue weighted by Crippen LogP contribution is -2.37. The Bertz CT molecular complexity index is 629. The number of ether oxygens (including phenoxy) is 1. The van der Waals surface area contributed by atoms with Crippen molar-refractivity contribution < 1.29 is 18.7 Å². The monoisotopic (exact) mass is 331 g/mol. The Hall–Kier alpha value is -2.67. The average Bonchev–Trinajstić information content (AvgIpc) is 3.15. The minimum atomic E-state index is -0.180. The van der Waals surface area contributed by atoms with Crippen LogP contribution in [0.1, 0.15) is 22.3 Å². The largest absolute Gasteiger partial charge is 0.472 e. The van der Waals surface area contributed by atoms with E-state index in [4.69, 9.17) is 9.15 Å². The van der Waals surface area contributed by atoms with Gasteiger partial charge in [0.25, 0.3) is 5.91 Å². The fraction of sp³-hybridized carbons (Fsp3) is 0.353. The molecule has 7 nitrogen and oxygen atoms in total. The molecule has 0 unspecified atom stereocenters. The summed E-state index contributed by atoms with van der Waals surface area (Å²) >= 11 is 0. The zero-order valence-electron chi connectivity index (χ0n) is 13.6. The van der Waals surface area contributed by atoms with Gasteiger partial charge in [-0.1, -0.05) is 6.07 Å². The smallest absolute Gasteiger partial charge is 0.257 e. The number of hydrogen-bond donors (Lipinski definition) is 1. The van der Waals surface area contributed by atoms with Crippen molar-refractivity contribution in [2.45, 2.75) is 13.0 Å². The Morgan fingerprint density at radius 1 is 1.33 bits per heavy atom. The molecule has 0 aliphatic carbocycles. The lowest BCUT2D eigenvalue weighted by atomic mass is 10.2. The molecule has 7 heteroatoms. The van der Waals surface area contributed by atoms with Crippen molar-refractivity contribution in [1.29, 1.82) is 0 Å². The molecule has 24 heavy (non-hydrogen) atoms. The summed E-state index contributed by atoms with van der Waals surface area (Å²) in [6.07, 6.45) is 6.44. The highest BCUT2D eigenvalue weighted by Gasteiger charge is 2.17. The Morgan fingerprint density at radius 2 is 2.21 bits per heavy atom. The third-order valence-corrected chi connectivity index (χ3v) is 3.44. The fourth-order valence-corrected chi connectivity index (χ4v) is 2.11. The third kappa shape index (κ3) is 5.51. The van der Waals surface area contributed by atoms with E-state index in [1.807, 2.05) is 12.1 Å². The van der Waals surface area contributed by atoms with E-state index in [0.29, 0.717) is 31.8 Å². The van der Waals surface area contributed by atoms with Crippen LogP contribution < -0.4 is 5.32 Å². The first-order valence-electron chi connectivity index (χ1n) is 7.66. The number of carbonyl (C=O) groups is 2. The van der Waals surface area contributed by atoms with E-state index < -0.39 is 0 Å². The summed E-state index contributed by atoms with van der Waals surface area (Å²) < 4.78 is 9.97. The third-order valence-electron chi connectivity index (χ3n) is 3.44. The summed E-state index contributed by atoms with van der Waals surface area (Å²) in [4.78, 5) is 29.9. The number of nitrogens with one attached hydrogen (secondary N) is 1. The van der Waals surface area contributed by atoms with Crippen LogP contribution in [0.25, 0.3) is 0 Å². The molecule has 0 spiro atoms. The van der Waals surface area contributed by atoms with Crippen molar-refractivity contribution >= 4 is 11.8 Å². The van der Waals surface area contributed by atoms with Crippen LogP contribution in [0.4, 0.5) is 0 Å². The fourth-order valence-electron chi connectivity index (χ4n) is 2.11. The van der Waals surface area contributed by atoms with Gasteiger partial charge in [0.1, 0.15) is 6.26 Å². The van der Waals surface area contributed by atoms with Crippen molar-refractivity contribution in [3.63, 3.8) is 0 Å². The summed E-state index contributed by atoms with van der Waals surface area (Å²) in [6.45, 7) is 1.55. The molecule has 2 aromatic rings. The van der Waals surface area contributed by atoms with Crippen LogP contribution in [-0.4, -0.2) is 48.5 Å². The van der Waals surface area contributed by atoms with E-state index in [1.165, 1.54) is 12.5 Å². The Balaban J connectivity index is 1.83. The molecule has 0 saturated carbocycles. The SMILES string of the molecule is COCCN(CCC(=O)NCc1cccnc1)C(=O)c1ccoc1. The second kappa shape index (κ2) is 9.46. The van der Waals surface area contributed by atoms with Gasteiger partial charge in [-0.15, -0.1) is 0 Å². The van der Waals surface area contributed by atoms with Crippen molar-refractivity contribution in [2.75, 3.05) is 26.8 Å². The highest BCUT2D eigenvalue weighted by molar-refractivity contribution is 5.94. The average molecular weight is 331 g/mol.